The minimum absolute atomic E-state index is 0.189. The zero-order valence-corrected chi connectivity index (χ0v) is 17.1. The molecule has 0 fully saturated rings. The molecule has 0 aliphatic carbocycles. The molecule has 0 unspecified atom stereocenters. The van der Waals surface area contributed by atoms with E-state index in [1.807, 2.05) is 6.92 Å². The number of nitrogens with zero attached hydrogens (tertiary/aromatic N) is 4. The van der Waals surface area contributed by atoms with Crippen LogP contribution in [0.2, 0.25) is 10.0 Å². The highest BCUT2D eigenvalue weighted by molar-refractivity contribution is 7.98. The molecule has 2 aromatic carbocycles. The van der Waals surface area contributed by atoms with Crippen molar-refractivity contribution < 1.29 is 4.42 Å². The Labute approximate surface area is 174 Å². The van der Waals surface area contributed by atoms with Crippen LogP contribution in [0.15, 0.2) is 56.8 Å². The molecule has 0 bridgehead atoms. The third-order valence-corrected chi connectivity index (χ3v) is 5.43. The molecule has 4 aromatic rings. The maximum absolute atomic E-state index is 13.2. The van der Waals surface area contributed by atoms with Crippen molar-refractivity contribution in [1.29, 1.82) is 0 Å². The van der Waals surface area contributed by atoms with E-state index in [2.05, 4.69) is 15.2 Å². The van der Waals surface area contributed by atoms with E-state index in [9.17, 15) is 4.79 Å². The number of halogens is 2. The normalized spacial score (nSPS) is 11.2. The van der Waals surface area contributed by atoms with Gasteiger partial charge in [0.1, 0.15) is 0 Å². The maximum Gasteiger partial charge on any atom is 0.266 e. The summed E-state index contributed by atoms with van der Waals surface area (Å²) in [6, 6.07) is 12.1. The number of rotatable bonds is 5. The zero-order chi connectivity index (χ0) is 19.7. The molecule has 0 aliphatic rings. The second-order valence-corrected chi connectivity index (χ2v) is 7.72. The molecule has 0 saturated heterocycles. The highest BCUT2D eigenvalue weighted by atomic mass is 35.5. The van der Waals surface area contributed by atoms with Gasteiger partial charge in [0.15, 0.2) is 5.16 Å². The van der Waals surface area contributed by atoms with E-state index in [1.165, 1.54) is 11.8 Å². The number of aryl methyl sites for hydroxylation is 1. The van der Waals surface area contributed by atoms with Crippen LogP contribution in [-0.2, 0) is 12.2 Å². The third kappa shape index (κ3) is 3.78. The van der Waals surface area contributed by atoms with Gasteiger partial charge in [-0.1, -0.05) is 41.9 Å². The minimum Gasteiger partial charge on any atom is -0.424 e. The van der Waals surface area contributed by atoms with Crippen molar-refractivity contribution in [3.63, 3.8) is 0 Å². The topological polar surface area (TPSA) is 73.8 Å². The van der Waals surface area contributed by atoms with Crippen LogP contribution in [0, 0.1) is 0 Å². The minimum atomic E-state index is -0.189. The fraction of sp³-hybridized carbons (Fsp3) is 0.158. The summed E-state index contributed by atoms with van der Waals surface area (Å²) in [5.41, 5.74) is 1.01. The largest absolute Gasteiger partial charge is 0.424 e. The summed E-state index contributed by atoms with van der Waals surface area (Å²) in [4.78, 5) is 17.8. The Balaban J connectivity index is 1.82. The summed E-state index contributed by atoms with van der Waals surface area (Å²) >= 11 is 13.4. The second kappa shape index (κ2) is 7.95. The highest BCUT2D eigenvalue weighted by Crippen LogP contribution is 2.26. The van der Waals surface area contributed by atoms with Crippen LogP contribution >= 0.6 is 35.0 Å². The van der Waals surface area contributed by atoms with Crippen molar-refractivity contribution in [2.24, 2.45) is 0 Å². The van der Waals surface area contributed by atoms with Gasteiger partial charge in [-0.25, -0.2) is 4.98 Å². The van der Waals surface area contributed by atoms with Gasteiger partial charge in [0.2, 0.25) is 11.8 Å². The first-order chi connectivity index (χ1) is 13.5. The average molecular weight is 433 g/mol. The quantitative estimate of drug-likeness (QED) is 0.328. The van der Waals surface area contributed by atoms with Crippen LogP contribution in [0.5, 0.6) is 0 Å². The molecular weight excluding hydrogens is 419 g/mol. The van der Waals surface area contributed by atoms with Gasteiger partial charge in [-0.15, -0.1) is 10.2 Å². The lowest BCUT2D eigenvalue weighted by atomic mass is 10.2. The Bertz CT molecular complexity index is 1210. The van der Waals surface area contributed by atoms with Crippen LogP contribution in [0.4, 0.5) is 0 Å². The van der Waals surface area contributed by atoms with Crippen molar-refractivity contribution in [2.75, 3.05) is 0 Å². The molecule has 142 valence electrons. The van der Waals surface area contributed by atoms with E-state index in [-0.39, 0.29) is 5.56 Å². The maximum atomic E-state index is 13.2. The monoisotopic (exact) mass is 432 g/mol. The summed E-state index contributed by atoms with van der Waals surface area (Å²) < 4.78 is 7.11. The SMILES string of the molecule is CCc1nnc(CSc2nc3cc(Cl)ccc3c(=O)n2-c2ccc(Cl)cc2)o1. The van der Waals surface area contributed by atoms with Crippen LogP contribution in [-0.4, -0.2) is 19.7 Å². The van der Waals surface area contributed by atoms with Crippen molar-refractivity contribution in [3.05, 3.63) is 74.6 Å². The van der Waals surface area contributed by atoms with Gasteiger partial charge in [0, 0.05) is 16.5 Å². The number of aromatic nitrogens is 4. The lowest BCUT2D eigenvalue weighted by Gasteiger charge is -2.13. The van der Waals surface area contributed by atoms with Gasteiger partial charge < -0.3 is 4.42 Å². The van der Waals surface area contributed by atoms with Crippen molar-refractivity contribution >= 4 is 45.9 Å². The van der Waals surface area contributed by atoms with E-state index in [0.29, 0.717) is 55.7 Å². The number of fused-ring (bicyclic) bond motifs is 1. The van der Waals surface area contributed by atoms with E-state index in [1.54, 1.807) is 47.0 Å². The number of hydrogen-bond acceptors (Lipinski definition) is 6. The molecule has 0 atom stereocenters. The van der Waals surface area contributed by atoms with Gasteiger partial charge >= 0.3 is 0 Å². The van der Waals surface area contributed by atoms with Crippen molar-refractivity contribution in [3.8, 4) is 5.69 Å². The van der Waals surface area contributed by atoms with E-state index >= 15 is 0 Å². The Morgan fingerprint density at radius 3 is 2.46 bits per heavy atom. The molecule has 0 amide bonds. The molecule has 9 heteroatoms. The number of benzene rings is 2. The number of hydrogen-bond donors (Lipinski definition) is 0. The summed E-state index contributed by atoms with van der Waals surface area (Å²) in [7, 11) is 0. The van der Waals surface area contributed by atoms with E-state index in [0.717, 1.165) is 0 Å². The zero-order valence-electron chi connectivity index (χ0n) is 14.7. The molecule has 0 aliphatic heterocycles. The first-order valence-corrected chi connectivity index (χ1v) is 10.2. The predicted molar refractivity (Wildman–Crippen MR) is 111 cm³/mol. The lowest BCUT2D eigenvalue weighted by molar-refractivity contribution is 0.469. The van der Waals surface area contributed by atoms with Crippen LogP contribution in [0.3, 0.4) is 0 Å². The molecule has 2 aromatic heterocycles. The second-order valence-electron chi connectivity index (χ2n) is 5.90. The van der Waals surface area contributed by atoms with E-state index in [4.69, 9.17) is 27.6 Å². The fourth-order valence-corrected chi connectivity index (χ4v) is 3.81. The Hall–Kier alpha value is -2.35. The first-order valence-electron chi connectivity index (χ1n) is 8.47. The standard InChI is InChI=1S/C19H14Cl2N4O2S/c1-2-16-23-24-17(27-16)10-28-19-22-15-9-12(21)5-8-14(15)18(26)25(19)13-6-3-11(20)4-7-13/h3-9H,2,10H2,1H3. The average Bonchev–Trinajstić information content (AvgIpc) is 3.15. The van der Waals surface area contributed by atoms with E-state index < -0.39 is 0 Å². The van der Waals surface area contributed by atoms with Gasteiger partial charge in [-0.05, 0) is 42.5 Å². The lowest BCUT2D eigenvalue weighted by Crippen LogP contribution is -2.21. The molecule has 0 radical (unpaired) electrons. The van der Waals surface area contributed by atoms with Crippen molar-refractivity contribution in [2.45, 2.75) is 24.3 Å². The Morgan fingerprint density at radius 1 is 1.04 bits per heavy atom. The highest BCUT2D eigenvalue weighted by Gasteiger charge is 2.15. The molecule has 2 heterocycles. The number of thioether (sulfide) groups is 1. The molecule has 0 spiro atoms. The summed E-state index contributed by atoms with van der Waals surface area (Å²) in [5, 5.41) is 10.1. The first kappa shape index (κ1) is 19.0. The van der Waals surface area contributed by atoms with Gasteiger partial charge in [0.25, 0.3) is 5.56 Å². The Morgan fingerprint density at radius 2 is 1.75 bits per heavy atom. The predicted octanol–water partition coefficient (Wildman–Crippen LogP) is 4.93. The summed E-state index contributed by atoms with van der Waals surface area (Å²) in [6.45, 7) is 1.94. The molecule has 28 heavy (non-hydrogen) atoms. The van der Waals surface area contributed by atoms with Crippen LogP contribution in [0.25, 0.3) is 16.6 Å². The molecule has 0 N–H and O–H groups in total. The molecule has 0 saturated carbocycles. The molecule has 6 nitrogen and oxygen atoms in total. The fourth-order valence-electron chi connectivity index (χ4n) is 2.67. The third-order valence-electron chi connectivity index (χ3n) is 4.02. The molecule has 4 rings (SSSR count). The van der Waals surface area contributed by atoms with Gasteiger partial charge in [-0.2, -0.15) is 0 Å². The van der Waals surface area contributed by atoms with Gasteiger partial charge in [-0.3, -0.25) is 9.36 Å². The summed E-state index contributed by atoms with van der Waals surface area (Å²) in [6.07, 6.45) is 0.667. The van der Waals surface area contributed by atoms with Crippen molar-refractivity contribution in [1.82, 2.24) is 19.7 Å². The molecular formula is C19H14Cl2N4O2S. The smallest absolute Gasteiger partial charge is 0.266 e. The van der Waals surface area contributed by atoms with Crippen LogP contribution in [0.1, 0.15) is 18.7 Å². The Kier molecular flexibility index (Phi) is 5.39. The van der Waals surface area contributed by atoms with Crippen LogP contribution < -0.4 is 5.56 Å². The summed E-state index contributed by atoms with van der Waals surface area (Å²) in [5.74, 6) is 1.44. The van der Waals surface area contributed by atoms with Gasteiger partial charge in [0.05, 0.1) is 22.3 Å².